The third-order valence-corrected chi connectivity index (χ3v) is 3.37. The molecule has 5 heteroatoms. The van der Waals surface area contributed by atoms with Crippen molar-refractivity contribution < 1.29 is 17.9 Å². The van der Waals surface area contributed by atoms with Crippen LogP contribution >= 0.6 is 0 Å². The van der Waals surface area contributed by atoms with Crippen molar-refractivity contribution >= 4 is 0 Å². The summed E-state index contributed by atoms with van der Waals surface area (Å²) in [6, 6.07) is 5.29. The summed E-state index contributed by atoms with van der Waals surface area (Å²) in [5, 5.41) is 3.21. The van der Waals surface area contributed by atoms with Gasteiger partial charge in [0.1, 0.15) is 0 Å². The molecule has 1 rings (SSSR count). The Morgan fingerprint density at radius 3 is 2.33 bits per heavy atom. The highest BCUT2D eigenvalue weighted by Gasteiger charge is 2.36. The lowest BCUT2D eigenvalue weighted by Crippen LogP contribution is -2.35. The minimum absolute atomic E-state index is 0.263. The average molecular weight is 303 g/mol. The fraction of sp³-hybridized carbons (Fsp3) is 0.625. The Hall–Kier alpha value is -1.07. The largest absolute Gasteiger partial charge is 0.416 e. The van der Waals surface area contributed by atoms with E-state index in [0.717, 1.165) is 12.5 Å². The van der Waals surface area contributed by atoms with Gasteiger partial charge in [-0.1, -0.05) is 32.0 Å². The second kappa shape index (κ2) is 8.39. The van der Waals surface area contributed by atoms with E-state index in [1.165, 1.54) is 12.1 Å². The molecule has 120 valence electrons. The zero-order valence-corrected chi connectivity index (χ0v) is 12.8. The number of alkyl halides is 3. The van der Waals surface area contributed by atoms with Crippen LogP contribution in [-0.2, 0) is 10.9 Å². The van der Waals surface area contributed by atoms with Gasteiger partial charge >= 0.3 is 6.18 Å². The van der Waals surface area contributed by atoms with Crippen molar-refractivity contribution in [3.8, 4) is 0 Å². The maximum Gasteiger partial charge on any atom is 0.416 e. The average Bonchev–Trinajstić information content (AvgIpc) is 2.45. The number of hydrogen-bond acceptors (Lipinski definition) is 2. The summed E-state index contributed by atoms with van der Waals surface area (Å²) in [6.45, 7) is 6.91. The van der Waals surface area contributed by atoms with E-state index in [-0.39, 0.29) is 11.7 Å². The van der Waals surface area contributed by atoms with E-state index in [2.05, 4.69) is 5.32 Å². The fourth-order valence-corrected chi connectivity index (χ4v) is 2.43. The van der Waals surface area contributed by atoms with Crippen LogP contribution in [0.5, 0.6) is 0 Å². The van der Waals surface area contributed by atoms with Crippen molar-refractivity contribution in [1.29, 1.82) is 0 Å². The summed E-state index contributed by atoms with van der Waals surface area (Å²) < 4.78 is 45.3. The Bertz CT molecular complexity index is 420. The fourth-order valence-electron chi connectivity index (χ4n) is 2.43. The van der Waals surface area contributed by atoms with E-state index >= 15 is 0 Å². The highest BCUT2D eigenvalue weighted by Crippen LogP contribution is 2.36. The molecule has 1 aromatic carbocycles. The first-order valence-electron chi connectivity index (χ1n) is 7.46. The number of nitrogens with one attached hydrogen (secondary N) is 1. The Balaban J connectivity index is 3.19. The first kappa shape index (κ1) is 18.0. The molecule has 2 nitrogen and oxygen atoms in total. The molecule has 0 aliphatic rings. The van der Waals surface area contributed by atoms with Gasteiger partial charge in [0.2, 0.25) is 0 Å². The van der Waals surface area contributed by atoms with Gasteiger partial charge in [0.15, 0.2) is 0 Å². The smallest absolute Gasteiger partial charge is 0.377 e. The van der Waals surface area contributed by atoms with E-state index in [1.807, 2.05) is 20.8 Å². The molecular formula is C16H24F3NO. The lowest BCUT2D eigenvalue weighted by molar-refractivity contribution is -0.138. The molecule has 0 fully saturated rings. The molecule has 0 radical (unpaired) electrons. The molecule has 2 unspecified atom stereocenters. The van der Waals surface area contributed by atoms with Crippen LogP contribution in [0.3, 0.4) is 0 Å². The Morgan fingerprint density at radius 2 is 1.81 bits per heavy atom. The first-order chi connectivity index (χ1) is 9.95. The Morgan fingerprint density at radius 1 is 1.14 bits per heavy atom. The van der Waals surface area contributed by atoms with Crippen LogP contribution in [0.4, 0.5) is 13.2 Å². The second-order valence-electron chi connectivity index (χ2n) is 4.92. The van der Waals surface area contributed by atoms with Crippen molar-refractivity contribution in [3.63, 3.8) is 0 Å². The summed E-state index contributed by atoms with van der Waals surface area (Å²) in [5.41, 5.74) is -0.324. The summed E-state index contributed by atoms with van der Waals surface area (Å²) in [5.74, 6) is 0. The predicted octanol–water partition coefficient (Wildman–Crippen LogP) is 4.56. The zero-order chi connectivity index (χ0) is 15.9. The van der Waals surface area contributed by atoms with Crippen LogP contribution < -0.4 is 5.32 Å². The van der Waals surface area contributed by atoms with Crippen molar-refractivity contribution in [1.82, 2.24) is 5.32 Å². The van der Waals surface area contributed by atoms with Gasteiger partial charge in [-0.15, -0.1) is 0 Å². The third-order valence-electron chi connectivity index (χ3n) is 3.37. The van der Waals surface area contributed by atoms with Crippen molar-refractivity contribution in [2.24, 2.45) is 0 Å². The molecule has 0 bridgehead atoms. The van der Waals surface area contributed by atoms with Gasteiger partial charge < -0.3 is 10.1 Å². The monoisotopic (exact) mass is 303 g/mol. The van der Waals surface area contributed by atoms with Gasteiger partial charge in [-0.05, 0) is 37.9 Å². The van der Waals surface area contributed by atoms with Crippen LogP contribution in [0.25, 0.3) is 0 Å². The number of ether oxygens (including phenoxy) is 1. The van der Waals surface area contributed by atoms with Crippen LogP contribution in [0.2, 0.25) is 0 Å². The topological polar surface area (TPSA) is 21.3 Å². The SMILES string of the molecule is CCCNC(c1ccccc1C(F)(F)F)C(CC)OCC. The van der Waals surface area contributed by atoms with Crippen molar-refractivity contribution in [2.75, 3.05) is 13.2 Å². The molecule has 0 aliphatic carbocycles. The van der Waals surface area contributed by atoms with E-state index in [9.17, 15) is 13.2 Å². The summed E-state index contributed by atoms with van der Waals surface area (Å²) in [7, 11) is 0. The molecule has 0 aromatic heterocycles. The van der Waals surface area contributed by atoms with E-state index in [0.29, 0.717) is 19.6 Å². The molecule has 0 saturated carbocycles. The van der Waals surface area contributed by atoms with Crippen LogP contribution in [0.15, 0.2) is 24.3 Å². The molecule has 1 aromatic rings. The van der Waals surface area contributed by atoms with E-state index in [1.54, 1.807) is 6.07 Å². The number of rotatable bonds is 8. The molecule has 0 heterocycles. The van der Waals surface area contributed by atoms with Crippen LogP contribution in [0.1, 0.15) is 50.8 Å². The predicted molar refractivity (Wildman–Crippen MR) is 78.2 cm³/mol. The van der Waals surface area contributed by atoms with Crippen LogP contribution in [0, 0.1) is 0 Å². The molecule has 0 saturated heterocycles. The van der Waals surface area contributed by atoms with Crippen molar-refractivity contribution in [2.45, 2.75) is 51.9 Å². The van der Waals surface area contributed by atoms with Gasteiger partial charge in [0.05, 0.1) is 17.7 Å². The van der Waals surface area contributed by atoms with Gasteiger partial charge in [-0.3, -0.25) is 0 Å². The van der Waals surface area contributed by atoms with Gasteiger partial charge in [-0.25, -0.2) is 0 Å². The standard InChI is InChI=1S/C16H24F3NO/c1-4-11-20-15(14(5-2)21-6-3)12-9-7-8-10-13(12)16(17,18)19/h7-10,14-15,20H,4-6,11H2,1-3H3. The lowest BCUT2D eigenvalue weighted by atomic mass is 9.94. The first-order valence-corrected chi connectivity index (χ1v) is 7.46. The maximum atomic E-state index is 13.2. The molecule has 21 heavy (non-hydrogen) atoms. The van der Waals surface area contributed by atoms with Crippen LogP contribution in [-0.4, -0.2) is 19.3 Å². The number of hydrogen-bond donors (Lipinski definition) is 1. The minimum Gasteiger partial charge on any atom is -0.377 e. The Labute approximate surface area is 124 Å². The molecule has 1 N–H and O–H groups in total. The highest BCUT2D eigenvalue weighted by atomic mass is 19.4. The second-order valence-corrected chi connectivity index (χ2v) is 4.92. The van der Waals surface area contributed by atoms with Gasteiger partial charge in [0, 0.05) is 6.61 Å². The minimum atomic E-state index is -4.35. The van der Waals surface area contributed by atoms with E-state index < -0.39 is 17.8 Å². The Kier molecular flexibility index (Phi) is 7.18. The molecular weight excluding hydrogens is 279 g/mol. The zero-order valence-electron chi connectivity index (χ0n) is 12.8. The van der Waals surface area contributed by atoms with Crippen molar-refractivity contribution in [3.05, 3.63) is 35.4 Å². The molecule has 0 amide bonds. The summed E-state index contributed by atoms with van der Waals surface area (Å²) in [4.78, 5) is 0. The third kappa shape index (κ3) is 5.00. The normalized spacial score (nSPS) is 15.0. The molecule has 0 spiro atoms. The van der Waals surface area contributed by atoms with Gasteiger partial charge in [0.25, 0.3) is 0 Å². The lowest BCUT2D eigenvalue weighted by Gasteiger charge is -2.29. The summed E-state index contributed by atoms with van der Waals surface area (Å²) in [6.07, 6.45) is -3.12. The molecule has 2 atom stereocenters. The maximum absolute atomic E-state index is 13.2. The number of halogens is 3. The number of benzene rings is 1. The quantitative estimate of drug-likeness (QED) is 0.760. The molecule has 0 aliphatic heterocycles. The van der Waals surface area contributed by atoms with Gasteiger partial charge in [-0.2, -0.15) is 13.2 Å². The highest BCUT2D eigenvalue weighted by molar-refractivity contribution is 5.33. The van der Waals surface area contributed by atoms with E-state index in [4.69, 9.17) is 4.74 Å². The summed E-state index contributed by atoms with van der Waals surface area (Å²) >= 11 is 0.